The van der Waals surface area contributed by atoms with Gasteiger partial charge in [0.2, 0.25) is 0 Å². The largest absolute Gasteiger partial charge is 0.464 e. The van der Waals surface area contributed by atoms with Crippen molar-refractivity contribution in [2.45, 2.75) is 32.4 Å². The molecule has 0 saturated carbocycles. The molecule has 1 heterocycles. The fourth-order valence-electron chi connectivity index (χ4n) is 2.49. The van der Waals surface area contributed by atoms with Gasteiger partial charge in [0.05, 0.1) is 6.04 Å². The second kappa shape index (κ2) is 7.12. The molecule has 2 N–H and O–H groups in total. The molecule has 4 heteroatoms. The molecule has 1 aromatic heterocycles. The van der Waals surface area contributed by atoms with E-state index in [9.17, 15) is 0 Å². The first-order valence-electron chi connectivity index (χ1n) is 7.32. The maximum atomic E-state index is 5.97. The van der Waals surface area contributed by atoms with E-state index in [4.69, 9.17) is 21.8 Å². The molecule has 2 unspecified atom stereocenters. The molecule has 2 aromatic rings. The van der Waals surface area contributed by atoms with Crippen molar-refractivity contribution in [3.8, 4) is 0 Å². The first-order valence-corrected chi connectivity index (χ1v) is 7.70. The molecule has 0 aliphatic carbocycles. The van der Waals surface area contributed by atoms with E-state index in [0.717, 1.165) is 23.0 Å². The van der Waals surface area contributed by atoms with E-state index in [1.165, 1.54) is 5.56 Å². The highest BCUT2D eigenvalue weighted by molar-refractivity contribution is 6.30. The van der Waals surface area contributed by atoms with E-state index in [2.05, 4.69) is 37.9 Å². The van der Waals surface area contributed by atoms with Crippen LogP contribution in [0, 0.1) is 0 Å². The minimum absolute atomic E-state index is 0.0657. The highest BCUT2D eigenvalue weighted by atomic mass is 35.5. The summed E-state index contributed by atoms with van der Waals surface area (Å²) < 4.78 is 5.87. The lowest BCUT2D eigenvalue weighted by atomic mass is 10.0. The van der Waals surface area contributed by atoms with Gasteiger partial charge in [-0.15, -0.1) is 0 Å². The van der Waals surface area contributed by atoms with Gasteiger partial charge < -0.3 is 10.2 Å². The van der Waals surface area contributed by atoms with Crippen LogP contribution in [0.25, 0.3) is 0 Å². The topological polar surface area (TPSA) is 42.4 Å². The van der Waals surface area contributed by atoms with Crippen LogP contribution in [0.3, 0.4) is 0 Å². The van der Waals surface area contributed by atoms with Crippen LogP contribution in [-0.2, 0) is 6.42 Å². The molecule has 0 spiro atoms. The number of nitrogens with two attached hydrogens (primary N) is 1. The molecule has 0 aliphatic heterocycles. The van der Waals surface area contributed by atoms with Gasteiger partial charge in [-0.05, 0) is 43.8 Å². The summed E-state index contributed by atoms with van der Waals surface area (Å²) in [6.07, 6.45) is 0.897. The van der Waals surface area contributed by atoms with Gasteiger partial charge in [-0.3, -0.25) is 4.90 Å². The van der Waals surface area contributed by atoms with Crippen molar-refractivity contribution in [2.75, 3.05) is 13.6 Å². The van der Waals surface area contributed by atoms with Gasteiger partial charge >= 0.3 is 0 Å². The molecular formula is C17H23ClN2O. The number of nitrogens with zero attached hydrogens (tertiary/aromatic N) is 1. The number of hydrogen-bond acceptors (Lipinski definition) is 3. The van der Waals surface area contributed by atoms with Gasteiger partial charge in [0.1, 0.15) is 11.5 Å². The molecule has 114 valence electrons. The monoisotopic (exact) mass is 306 g/mol. The number of likely N-dealkylation sites (N-methyl/N-ethyl adjacent to an activating group) is 1. The third-order valence-corrected chi connectivity index (χ3v) is 4.29. The Morgan fingerprint density at radius 1 is 1.19 bits per heavy atom. The number of hydrogen-bond donors (Lipinski definition) is 1. The first kappa shape index (κ1) is 16.1. The molecule has 21 heavy (non-hydrogen) atoms. The van der Waals surface area contributed by atoms with Crippen molar-refractivity contribution in [1.29, 1.82) is 0 Å². The molecule has 0 radical (unpaired) electrons. The lowest BCUT2D eigenvalue weighted by molar-refractivity contribution is 0.167. The number of furan rings is 1. The summed E-state index contributed by atoms with van der Waals surface area (Å²) in [7, 11) is 2.07. The maximum absolute atomic E-state index is 5.97. The predicted octanol–water partition coefficient (Wildman–Crippen LogP) is 4.19. The van der Waals surface area contributed by atoms with Crippen molar-refractivity contribution < 1.29 is 4.42 Å². The molecule has 0 bridgehead atoms. The number of halogens is 1. The molecule has 2 atom stereocenters. The SMILES string of the molecule is CCc1ccc(C(CN)N(C)C(C)c2ccc(Cl)cc2)o1. The zero-order valence-corrected chi connectivity index (χ0v) is 13.6. The van der Waals surface area contributed by atoms with Crippen LogP contribution in [0.5, 0.6) is 0 Å². The quantitative estimate of drug-likeness (QED) is 0.870. The average Bonchev–Trinajstić information content (AvgIpc) is 2.96. The zero-order chi connectivity index (χ0) is 15.4. The van der Waals surface area contributed by atoms with E-state index in [-0.39, 0.29) is 12.1 Å². The summed E-state index contributed by atoms with van der Waals surface area (Å²) >= 11 is 5.95. The molecule has 3 nitrogen and oxygen atoms in total. The highest BCUT2D eigenvalue weighted by Gasteiger charge is 2.24. The third kappa shape index (κ3) is 3.67. The Bertz CT molecular complexity index is 564. The Morgan fingerprint density at radius 2 is 1.86 bits per heavy atom. The van der Waals surface area contributed by atoms with E-state index in [1.54, 1.807) is 0 Å². The van der Waals surface area contributed by atoms with Gasteiger partial charge in [-0.2, -0.15) is 0 Å². The Labute approximate surface area is 131 Å². The number of rotatable bonds is 6. The van der Waals surface area contributed by atoms with Crippen molar-refractivity contribution >= 4 is 11.6 Å². The van der Waals surface area contributed by atoms with E-state index in [0.29, 0.717) is 6.54 Å². The predicted molar refractivity (Wildman–Crippen MR) is 87.5 cm³/mol. The summed E-state index contributed by atoms with van der Waals surface area (Å²) in [6, 6.07) is 12.3. The Hall–Kier alpha value is -1.29. The Balaban J connectivity index is 2.18. The van der Waals surface area contributed by atoms with E-state index >= 15 is 0 Å². The highest BCUT2D eigenvalue weighted by Crippen LogP contribution is 2.29. The minimum Gasteiger partial charge on any atom is -0.464 e. The summed E-state index contributed by atoms with van der Waals surface area (Å²) in [5, 5.41) is 0.752. The molecule has 2 rings (SSSR count). The van der Waals surface area contributed by atoms with Crippen molar-refractivity contribution in [3.05, 3.63) is 58.5 Å². The molecule has 0 aliphatic rings. The standard InChI is InChI=1S/C17H23ClN2O/c1-4-15-9-10-17(21-15)16(11-19)20(3)12(2)13-5-7-14(18)8-6-13/h5-10,12,16H,4,11,19H2,1-3H3. The minimum atomic E-state index is 0.0657. The van der Waals surface area contributed by atoms with Gasteiger partial charge in [-0.1, -0.05) is 30.7 Å². The van der Waals surface area contributed by atoms with E-state index < -0.39 is 0 Å². The second-order valence-corrected chi connectivity index (χ2v) is 5.74. The van der Waals surface area contributed by atoms with Crippen LogP contribution in [-0.4, -0.2) is 18.5 Å². The number of benzene rings is 1. The fraction of sp³-hybridized carbons (Fsp3) is 0.412. The van der Waals surface area contributed by atoms with Gasteiger partial charge in [-0.25, -0.2) is 0 Å². The molecule has 1 aromatic carbocycles. The van der Waals surface area contributed by atoms with Gasteiger partial charge in [0, 0.05) is 24.0 Å². The van der Waals surface area contributed by atoms with Crippen molar-refractivity contribution in [1.82, 2.24) is 4.90 Å². The van der Waals surface area contributed by atoms with Crippen molar-refractivity contribution in [2.24, 2.45) is 5.73 Å². The van der Waals surface area contributed by atoms with Gasteiger partial charge in [0.25, 0.3) is 0 Å². The Kier molecular flexibility index (Phi) is 5.45. The lowest BCUT2D eigenvalue weighted by Gasteiger charge is -2.31. The van der Waals surface area contributed by atoms with Crippen LogP contribution in [0.2, 0.25) is 5.02 Å². The zero-order valence-electron chi connectivity index (χ0n) is 12.8. The summed E-state index contributed by atoms with van der Waals surface area (Å²) in [6.45, 7) is 4.76. The first-order chi connectivity index (χ1) is 10.1. The average molecular weight is 307 g/mol. The molecule has 0 fully saturated rings. The van der Waals surface area contributed by atoms with E-state index in [1.807, 2.05) is 24.3 Å². The number of aryl methyl sites for hydroxylation is 1. The van der Waals surface area contributed by atoms with Crippen LogP contribution in [0.4, 0.5) is 0 Å². The van der Waals surface area contributed by atoms with Crippen LogP contribution < -0.4 is 5.73 Å². The third-order valence-electron chi connectivity index (χ3n) is 4.04. The molecular weight excluding hydrogens is 284 g/mol. The second-order valence-electron chi connectivity index (χ2n) is 5.30. The summed E-state index contributed by atoms with van der Waals surface area (Å²) in [5.41, 5.74) is 7.18. The normalized spacial score (nSPS) is 14.4. The molecule has 0 amide bonds. The van der Waals surface area contributed by atoms with Crippen LogP contribution in [0.1, 0.15) is 43.0 Å². The molecule has 0 saturated heterocycles. The smallest absolute Gasteiger partial charge is 0.122 e. The maximum Gasteiger partial charge on any atom is 0.122 e. The van der Waals surface area contributed by atoms with Crippen LogP contribution in [0.15, 0.2) is 40.8 Å². The Morgan fingerprint density at radius 3 is 2.38 bits per heavy atom. The van der Waals surface area contributed by atoms with Gasteiger partial charge in [0.15, 0.2) is 0 Å². The van der Waals surface area contributed by atoms with Crippen molar-refractivity contribution in [3.63, 3.8) is 0 Å². The van der Waals surface area contributed by atoms with Crippen LogP contribution >= 0.6 is 11.6 Å². The lowest BCUT2D eigenvalue weighted by Crippen LogP contribution is -2.32. The summed E-state index contributed by atoms with van der Waals surface area (Å²) in [4.78, 5) is 2.24. The fourth-order valence-corrected chi connectivity index (χ4v) is 2.62. The summed E-state index contributed by atoms with van der Waals surface area (Å²) in [5.74, 6) is 1.92.